The molecule has 2 aliphatic heterocycles. The van der Waals surface area contributed by atoms with Crippen LogP contribution in [0.1, 0.15) is 36.4 Å². The maximum absolute atomic E-state index is 13.0. The number of rotatable bonds is 5. The van der Waals surface area contributed by atoms with Crippen LogP contribution in [-0.4, -0.2) is 41.0 Å². The van der Waals surface area contributed by atoms with Crippen molar-refractivity contribution < 1.29 is 9.53 Å². The van der Waals surface area contributed by atoms with Gasteiger partial charge in [-0.3, -0.25) is 9.78 Å². The van der Waals surface area contributed by atoms with Gasteiger partial charge in [0.25, 0.3) is 0 Å². The molecular weight excluding hydrogens is 340 g/mol. The lowest BCUT2D eigenvalue weighted by atomic mass is 10.0. The summed E-state index contributed by atoms with van der Waals surface area (Å²) in [4.78, 5) is 19.0. The number of pyridine rings is 1. The Hall–Kier alpha value is -2.28. The maximum Gasteiger partial charge on any atom is 0.241 e. The lowest BCUT2D eigenvalue weighted by Gasteiger charge is -2.34. The first-order valence-corrected chi connectivity index (χ1v) is 9.65. The third-order valence-corrected chi connectivity index (χ3v) is 5.30. The predicted molar refractivity (Wildman–Crippen MR) is 102 cm³/mol. The molecule has 0 saturated carbocycles. The summed E-state index contributed by atoms with van der Waals surface area (Å²) < 4.78 is 6.03. The Morgan fingerprint density at radius 3 is 2.89 bits per heavy atom. The van der Waals surface area contributed by atoms with Gasteiger partial charge in [-0.2, -0.15) is 0 Å². The van der Waals surface area contributed by atoms with E-state index in [2.05, 4.69) is 28.0 Å². The van der Waals surface area contributed by atoms with Crippen LogP contribution in [0.15, 0.2) is 54.9 Å². The molecule has 3 heterocycles. The third-order valence-electron chi connectivity index (χ3n) is 5.30. The molecule has 2 saturated heterocycles. The molecular formula is C21H26N4O2. The number of ether oxygens (including phenoxy) is 1. The summed E-state index contributed by atoms with van der Waals surface area (Å²) in [5.74, 6) is 0.163. The largest absolute Gasteiger partial charge is 0.372 e. The van der Waals surface area contributed by atoms with Crippen LogP contribution in [-0.2, 0) is 16.1 Å². The van der Waals surface area contributed by atoms with Gasteiger partial charge in [-0.25, -0.2) is 10.9 Å². The molecule has 3 unspecified atom stereocenters. The van der Waals surface area contributed by atoms with E-state index in [0.29, 0.717) is 13.2 Å². The highest BCUT2D eigenvalue weighted by molar-refractivity contribution is 5.82. The van der Waals surface area contributed by atoms with E-state index in [-0.39, 0.29) is 24.1 Å². The Morgan fingerprint density at radius 1 is 1.19 bits per heavy atom. The van der Waals surface area contributed by atoms with Gasteiger partial charge in [-0.15, -0.1) is 0 Å². The number of aromatic nitrogens is 1. The van der Waals surface area contributed by atoms with Crippen molar-refractivity contribution in [2.45, 2.75) is 44.1 Å². The van der Waals surface area contributed by atoms with E-state index in [1.807, 2.05) is 41.4 Å². The molecule has 2 fully saturated rings. The van der Waals surface area contributed by atoms with Gasteiger partial charge in [-0.05, 0) is 36.5 Å². The summed E-state index contributed by atoms with van der Waals surface area (Å²) in [5, 5.41) is 0. The molecule has 4 rings (SSSR count). The minimum atomic E-state index is -0.188. The Kier molecular flexibility index (Phi) is 5.77. The average Bonchev–Trinajstić information content (AvgIpc) is 3.24. The monoisotopic (exact) mass is 366 g/mol. The second kappa shape index (κ2) is 8.61. The van der Waals surface area contributed by atoms with E-state index in [4.69, 9.17) is 4.74 Å². The van der Waals surface area contributed by atoms with Crippen LogP contribution in [0.5, 0.6) is 0 Å². The quantitative estimate of drug-likeness (QED) is 0.849. The number of likely N-dealkylation sites (tertiary alicyclic amines) is 1. The van der Waals surface area contributed by atoms with Crippen LogP contribution in [0, 0.1) is 0 Å². The van der Waals surface area contributed by atoms with E-state index >= 15 is 0 Å². The highest BCUT2D eigenvalue weighted by Crippen LogP contribution is 2.24. The van der Waals surface area contributed by atoms with Crippen molar-refractivity contribution >= 4 is 5.91 Å². The summed E-state index contributed by atoms with van der Waals surface area (Å²) >= 11 is 0. The van der Waals surface area contributed by atoms with E-state index < -0.39 is 0 Å². The Balaban J connectivity index is 1.30. The number of benzene rings is 1. The lowest BCUT2D eigenvalue weighted by Crippen LogP contribution is -2.50. The fourth-order valence-corrected chi connectivity index (χ4v) is 3.81. The molecule has 6 heteroatoms. The van der Waals surface area contributed by atoms with Crippen molar-refractivity contribution in [1.29, 1.82) is 0 Å². The number of nitrogens with one attached hydrogen (secondary N) is 2. The zero-order chi connectivity index (χ0) is 18.5. The summed E-state index contributed by atoms with van der Waals surface area (Å²) in [6.07, 6.45) is 6.40. The van der Waals surface area contributed by atoms with Crippen LogP contribution in [0.4, 0.5) is 0 Å². The van der Waals surface area contributed by atoms with Gasteiger partial charge in [0.2, 0.25) is 5.91 Å². The van der Waals surface area contributed by atoms with E-state index in [0.717, 1.165) is 31.4 Å². The predicted octanol–water partition coefficient (Wildman–Crippen LogP) is 2.20. The molecule has 2 aromatic rings. The zero-order valence-electron chi connectivity index (χ0n) is 15.4. The molecule has 0 bridgehead atoms. The van der Waals surface area contributed by atoms with Gasteiger partial charge in [0.1, 0.15) is 6.04 Å². The van der Waals surface area contributed by atoms with Gasteiger partial charge < -0.3 is 9.64 Å². The van der Waals surface area contributed by atoms with E-state index in [9.17, 15) is 4.79 Å². The van der Waals surface area contributed by atoms with Crippen molar-refractivity contribution in [3.63, 3.8) is 0 Å². The normalized spacial score (nSPS) is 25.5. The number of hydrogen-bond acceptors (Lipinski definition) is 5. The van der Waals surface area contributed by atoms with E-state index in [1.54, 1.807) is 6.20 Å². The first-order valence-electron chi connectivity index (χ1n) is 9.65. The molecule has 2 aliphatic rings. The Bertz CT molecular complexity index is 740. The van der Waals surface area contributed by atoms with Crippen LogP contribution >= 0.6 is 0 Å². The molecule has 142 valence electrons. The average molecular weight is 366 g/mol. The lowest BCUT2D eigenvalue weighted by molar-refractivity contribution is -0.137. The smallest absolute Gasteiger partial charge is 0.241 e. The Labute approximate surface area is 159 Å². The van der Waals surface area contributed by atoms with Gasteiger partial charge in [0, 0.05) is 31.5 Å². The first kappa shape index (κ1) is 18.1. The Morgan fingerprint density at radius 2 is 2.07 bits per heavy atom. The maximum atomic E-state index is 13.0. The zero-order valence-corrected chi connectivity index (χ0v) is 15.4. The van der Waals surface area contributed by atoms with Gasteiger partial charge in [0.15, 0.2) is 0 Å². The van der Waals surface area contributed by atoms with Crippen molar-refractivity contribution in [1.82, 2.24) is 20.7 Å². The molecule has 27 heavy (non-hydrogen) atoms. The van der Waals surface area contributed by atoms with Crippen molar-refractivity contribution in [2.24, 2.45) is 0 Å². The van der Waals surface area contributed by atoms with Crippen molar-refractivity contribution in [3.05, 3.63) is 66.0 Å². The molecule has 0 aliphatic carbocycles. The minimum Gasteiger partial charge on any atom is -0.372 e. The number of amides is 1. The number of carbonyl (C=O) groups excluding carboxylic acids is 1. The standard InChI is InChI=1S/C21H26N4O2/c26-21(20-12-19(23-24-20)17-7-2-1-3-8-17)25-11-5-9-18(14-25)27-15-16-6-4-10-22-13-16/h1-4,6-8,10,13,18-20,23-24H,5,9,11-12,14-15H2. The second-order valence-corrected chi connectivity index (χ2v) is 7.26. The van der Waals surface area contributed by atoms with Gasteiger partial charge in [0.05, 0.1) is 12.7 Å². The van der Waals surface area contributed by atoms with Crippen molar-refractivity contribution in [3.8, 4) is 0 Å². The number of hydrazine groups is 1. The summed E-state index contributed by atoms with van der Waals surface area (Å²) in [7, 11) is 0. The fraction of sp³-hybridized carbons (Fsp3) is 0.429. The number of piperidine rings is 1. The molecule has 3 atom stereocenters. The number of carbonyl (C=O) groups is 1. The van der Waals surface area contributed by atoms with E-state index in [1.165, 1.54) is 5.56 Å². The first-order chi connectivity index (χ1) is 13.3. The van der Waals surface area contributed by atoms with Crippen LogP contribution in [0.25, 0.3) is 0 Å². The van der Waals surface area contributed by atoms with Gasteiger partial charge in [-0.1, -0.05) is 36.4 Å². The highest BCUT2D eigenvalue weighted by atomic mass is 16.5. The SMILES string of the molecule is O=C(C1CC(c2ccccc2)NN1)N1CCCC(OCc2cccnc2)C1. The fourth-order valence-electron chi connectivity index (χ4n) is 3.81. The van der Waals surface area contributed by atoms with Crippen LogP contribution in [0.2, 0.25) is 0 Å². The molecule has 2 N–H and O–H groups in total. The number of hydrogen-bond donors (Lipinski definition) is 2. The molecule has 1 aromatic heterocycles. The second-order valence-electron chi connectivity index (χ2n) is 7.26. The third kappa shape index (κ3) is 4.53. The van der Waals surface area contributed by atoms with Crippen LogP contribution in [0.3, 0.4) is 0 Å². The molecule has 0 spiro atoms. The van der Waals surface area contributed by atoms with Crippen LogP contribution < -0.4 is 10.9 Å². The highest BCUT2D eigenvalue weighted by Gasteiger charge is 2.34. The summed E-state index contributed by atoms with van der Waals surface area (Å²) in [5.41, 5.74) is 8.72. The summed E-state index contributed by atoms with van der Waals surface area (Å²) in [6, 6.07) is 14.2. The molecule has 1 amide bonds. The topological polar surface area (TPSA) is 66.5 Å². The molecule has 6 nitrogen and oxygen atoms in total. The number of nitrogens with zero attached hydrogens (tertiary/aromatic N) is 2. The summed E-state index contributed by atoms with van der Waals surface area (Å²) in [6.45, 7) is 2.01. The van der Waals surface area contributed by atoms with Gasteiger partial charge >= 0.3 is 0 Å². The molecule has 1 aromatic carbocycles. The minimum absolute atomic E-state index is 0.0854. The molecule has 0 radical (unpaired) electrons. The van der Waals surface area contributed by atoms with Crippen molar-refractivity contribution in [2.75, 3.05) is 13.1 Å².